The standard InChI is InChI=1S/C16H20BrN3O3S/c1-4-5-6-15-19-20-16(24-15)18-14(21)8-10-7-12(22-2)13(23-3)9-11(10)17/h7,9H,4-6,8H2,1-3H3,(H,18,20,21). The molecule has 0 saturated carbocycles. The van der Waals surface area contributed by atoms with Gasteiger partial charge in [-0.3, -0.25) is 4.79 Å². The Balaban J connectivity index is 2.03. The third kappa shape index (κ3) is 4.91. The van der Waals surface area contributed by atoms with E-state index in [4.69, 9.17) is 9.47 Å². The minimum atomic E-state index is -0.152. The zero-order valence-electron chi connectivity index (χ0n) is 13.9. The second kappa shape index (κ2) is 8.98. The third-order valence-electron chi connectivity index (χ3n) is 3.36. The molecule has 0 saturated heterocycles. The zero-order chi connectivity index (χ0) is 17.5. The van der Waals surface area contributed by atoms with Crippen molar-refractivity contribution in [3.05, 3.63) is 27.2 Å². The molecule has 1 heterocycles. The van der Waals surface area contributed by atoms with E-state index in [-0.39, 0.29) is 12.3 Å². The summed E-state index contributed by atoms with van der Waals surface area (Å²) in [6, 6.07) is 3.57. The molecule has 0 fully saturated rings. The van der Waals surface area contributed by atoms with Crippen LogP contribution in [0.2, 0.25) is 0 Å². The van der Waals surface area contributed by atoms with Gasteiger partial charge in [0.15, 0.2) is 11.5 Å². The van der Waals surface area contributed by atoms with Crippen LogP contribution in [-0.4, -0.2) is 30.3 Å². The number of benzene rings is 1. The van der Waals surface area contributed by atoms with E-state index in [0.717, 1.165) is 34.3 Å². The lowest BCUT2D eigenvalue weighted by atomic mass is 10.1. The van der Waals surface area contributed by atoms with E-state index in [1.165, 1.54) is 11.3 Å². The highest BCUT2D eigenvalue weighted by atomic mass is 79.9. The molecule has 1 aromatic carbocycles. The van der Waals surface area contributed by atoms with Crippen molar-refractivity contribution in [2.45, 2.75) is 32.6 Å². The van der Waals surface area contributed by atoms with Crippen LogP contribution in [0.3, 0.4) is 0 Å². The number of methoxy groups -OCH3 is 2. The molecule has 24 heavy (non-hydrogen) atoms. The second-order valence-corrected chi connectivity index (χ2v) is 7.04. The monoisotopic (exact) mass is 413 g/mol. The van der Waals surface area contributed by atoms with Gasteiger partial charge in [-0.15, -0.1) is 10.2 Å². The van der Waals surface area contributed by atoms with Crippen LogP contribution in [0.5, 0.6) is 11.5 Å². The van der Waals surface area contributed by atoms with Crippen LogP contribution in [0.15, 0.2) is 16.6 Å². The Bertz CT molecular complexity index is 706. The van der Waals surface area contributed by atoms with Gasteiger partial charge in [-0.05, 0) is 24.1 Å². The minimum Gasteiger partial charge on any atom is -0.493 e. The minimum absolute atomic E-state index is 0.152. The van der Waals surface area contributed by atoms with Gasteiger partial charge in [0.25, 0.3) is 0 Å². The molecule has 0 aliphatic heterocycles. The number of unbranched alkanes of at least 4 members (excludes halogenated alkanes) is 1. The lowest BCUT2D eigenvalue weighted by Crippen LogP contribution is -2.14. The number of nitrogens with one attached hydrogen (secondary N) is 1. The normalized spacial score (nSPS) is 10.5. The summed E-state index contributed by atoms with van der Waals surface area (Å²) >= 11 is 4.88. The van der Waals surface area contributed by atoms with Crippen molar-refractivity contribution in [1.82, 2.24) is 10.2 Å². The molecule has 0 radical (unpaired) electrons. The molecule has 6 nitrogen and oxygen atoms in total. The summed E-state index contributed by atoms with van der Waals surface area (Å²) < 4.78 is 11.3. The van der Waals surface area contributed by atoms with Crippen molar-refractivity contribution in [2.24, 2.45) is 0 Å². The summed E-state index contributed by atoms with van der Waals surface area (Å²) in [6.45, 7) is 2.13. The van der Waals surface area contributed by atoms with Gasteiger partial charge < -0.3 is 14.8 Å². The number of anilines is 1. The van der Waals surface area contributed by atoms with E-state index in [1.807, 2.05) is 0 Å². The summed E-state index contributed by atoms with van der Waals surface area (Å²) in [6.07, 6.45) is 3.27. The smallest absolute Gasteiger partial charge is 0.230 e. The highest BCUT2D eigenvalue weighted by Crippen LogP contribution is 2.33. The first-order valence-electron chi connectivity index (χ1n) is 7.60. The predicted molar refractivity (Wildman–Crippen MR) is 98.1 cm³/mol. The summed E-state index contributed by atoms with van der Waals surface area (Å²) in [5.41, 5.74) is 0.806. The van der Waals surface area contributed by atoms with Crippen LogP contribution < -0.4 is 14.8 Å². The maximum Gasteiger partial charge on any atom is 0.230 e. The van der Waals surface area contributed by atoms with Crippen LogP contribution >= 0.6 is 27.3 Å². The van der Waals surface area contributed by atoms with Crippen molar-refractivity contribution >= 4 is 38.3 Å². The third-order valence-corrected chi connectivity index (χ3v) is 5.00. The molecule has 130 valence electrons. The highest BCUT2D eigenvalue weighted by Gasteiger charge is 2.14. The zero-order valence-corrected chi connectivity index (χ0v) is 16.3. The number of rotatable bonds is 8. The average molecular weight is 414 g/mol. The van der Waals surface area contributed by atoms with Crippen LogP contribution in [0.1, 0.15) is 30.3 Å². The van der Waals surface area contributed by atoms with Gasteiger partial charge in [0.2, 0.25) is 11.0 Å². The Hall–Kier alpha value is -1.67. The molecule has 0 aliphatic rings. The molecule has 1 amide bonds. The number of hydrogen-bond donors (Lipinski definition) is 1. The van der Waals surface area contributed by atoms with Gasteiger partial charge in [0.1, 0.15) is 5.01 Å². The molecule has 1 aromatic heterocycles. The molecular weight excluding hydrogens is 394 g/mol. The number of ether oxygens (including phenoxy) is 2. The van der Waals surface area contributed by atoms with Crippen LogP contribution in [0, 0.1) is 0 Å². The van der Waals surface area contributed by atoms with Gasteiger partial charge in [-0.1, -0.05) is 40.6 Å². The molecule has 0 bridgehead atoms. The summed E-state index contributed by atoms with van der Waals surface area (Å²) in [4.78, 5) is 12.2. The second-order valence-electron chi connectivity index (χ2n) is 5.13. The van der Waals surface area contributed by atoms with Crippen molar-refractivity contribution in [1.29, 1.82) is 0 Å². The number of carbonyl (C=O) groups is 1. The van der Waals surface area contributed by atoms with E-state index in [9.17, 15) is 4.79 Å². The molecule has 0 atom stereocenters. The van der Waals surface area contributed by atoms with Gasteiger partial charge in [0.05, 0.1) is 20.6 Å². The Morgan fingerprint density at radius 2 is 1.96 bits per heavy atom. The van der Waals surface area contributed by atoms with Crippen molar-refractivity contribution < 1.29 is 14.3 Å². The van der Waals surface area contributed by atoms with E-state index in [0.29, 0.717) is 16.6 Å². The topological polar surface area (TPSA) is 73.3 Å². The first-order valence-corrected chi connectivity index (χ1v) is 9.21. The number of aromatic nitrogens is 2. The largest absolute Gasteiger partial charge is 0.493 e. The quantitative estimate of drug-likeness (QED) is 0.711. The number of carbonyl (C=O) groups excluding carboxylic acids is 1. The SMILES string of the molecule is CCCCc1nnc(NC(=O)Cc2cc(OC)c(OC)cc2Br)s1. The Kier molecular flexibility index (Phi) is 6.99. The van der Waals surface area contributed by atoms with Gasteiger partial charge in [-0.25, -0.2) is 0 Å². The molecule has 0 unspecified atom stereocenters. The van der Waals surface area contributed by atoms with E-state index in [2.05, 4.69) is 38.4 Å². The molecule has 0 aliphatic carbocycles. The van der Waals surface area contributed by atoms with E-state index in [1.54, 1.807) is 26.4 Å². The molecular formula is C16H20BrN3O3S. The Morgan fingerprint density at radius 3 is 2.62 bits per heavy atom. The van der Waals surface area contributed by atoms with Crippen molar-refractivity contribution in [3.8, 4) is 11.5 Å². The first kappa shape index (κ1) is 18.7. The Labute approximate surface area is 153 Å². The van der Waals surface area contributed by atoms with Crippen LogP contribution in [0.25, 0.3) is 0 Å². The lowest BCUT2D eigenvalue weighted by molar-refractivity contribution is -0.115. The number of nitrogens with zero attached hydrogens (tertiary/aromatic N) is 2. The molecule has 1 N–H and O–H groups in total. The number of amides is 1. The average Bonchev–Trinajstić information content (AvgIpc) is 3.01. The van der Waals surface area contributed by atoms with Crippen molar-refractivity contribution in [3.63, 3.8) is 0 Å². The highest BCUT2D eigenvalue weighted by molar-refractivity contribution is 9.10. The maximum atomic E-state index is 12.2. The fourth-order valence-electron chi connectivity index (χ4n) is 2.10. The number of hydrogen-bond acceptors (Lipinski definition) is 6. The van der Waals surface area contributed by atoms with Crippen LogP contribution in [-0.2, 0) is 17.6 Å². The van der Waals surface area contributed by atoms with Gasteiger partial charge in [-0.2, -0.15) is 0 Å². The Morgan fingerprint density at radius 1 is 1.25 bits per heavy atom. The molecule has 0 spiro atoms. The first-order chi connectivity index (χ1) is 11.6. The summed E-state index contributed by atoms with van der Waals surface area (Å²) in [5.74, 6) is 1.04. The predicted octanol–water partition coefficient (Wildman–Crippen LogP) is 3.84. The number of halogens is 1. The molecule has 2 rings (SSSR count). The van der Waals surface area contributed by atoms with Gasteiger partial charge in [0, 0.05) is 10.9 Å². The number of aryl methyl sites for hydroxylation is 1. The summed E-state index contributed by atoms with van der Waals surface area (Å²) in [7, 11) is 3.14. The molecule has 2 aromatic rings. The van der Waals surface area contributed by atoms with Crippen molar-refractivity contribution in [2.75, 3.05) is 19.5 Å². The van der Waals surface area contributed by atoms with E-state index < -0.39 is 0 Å². The fraction of sp³-hybridized carbons (Fsp3) is 0.438. The maximum absolute atomic E-state index is 12.2. The lowest BCUT2D eigenvalue weighted by Gasteiger charge is -2.11. The molecule has 8 heteroatoms. The summed E-state index contributed by atoms with van der Waals surface area (Å²) in [5, 5.41) is 12.4. The van der Waals surface area contributed by atoms with Crippen LogP contribution in [0.4, 0.5) is 5.13 Å². The fourth-order valence-corrected chi connectivity index (χ4v) is 3.36. The van der Waals surface area contributed by atoms with E-state index >= 15 is 0 Å². The van der Waals surface area contributed by atoms with Gasteiger partial charge >= 0.3 is 0 Å².